The van der Waals surface area contributed by atoms with Gasteiger partial charge in [0.05, 0.1) is 22.9 Å². The van der Waals surface area contributed by atoms with Gasteiger partial charge in [-0.05, 0) is 32.0 Å². The lowest BCUT2D eigenvalue weighted by atomic mass is 10.1. The van der Waals surface area contributed by atoms with Crippen LogP contribution in [0.25, 0.3) is 0 Å². The van der Waals surface area contributed by atoms with E-state index >= 15 is 0 Å². The Hall–Kier alpha value is -2.01. The van der Waals surface area contributed by atoms with E-state index in [1.165, 1.54) is 0 Å². The predicted molar refractivity (Wildman–Crippen MR) is 79.9 cm³/mol. The Morgan fingerprint density at radius 2 is 2.30 bits per heavy atom. The molecule has 0 saturated heterocycles. The van der Waals surface area contributed by atoms with Gasteiger partial charge in [0.1, 0.15) is 0 Å². The first kappa shape index (κ1) is 14.4. The second-order valence-corrected chi connectivity index (χ2v) is 4.96. The highest BCUT2D eigenvalue weighted by Crippen LogP contribution is 2.27. The van der Waals surface area contributed by atoms with Gasteiger partial charge in [0.15, 0.2) is 0 Å². The van der Waals surface area contributed by atoms with Crippen molar-refractivity contribution in [2.75, 3.05) is 5.32 Å². The number of carbonyl (C=O) groups is 1. The van der Waals surface area contributed by atoms with Crippen molar-refractivity contribution in [1.29, 1.82) is 0 Å². The molecule has 1 heterocycles. The summed E-state index contributed by atoms with van der Waals surface area (Å²) in [7, 11) is 0. The molecule has 0 spiro atoms. The van der Waals surface area contributed by atoms with Crippen molar-refractivity contribution in [2.24, 2.45) is 5.73 Å². The van der Waals surface area contributed by atoms with Gasteiger partial charge >= 0.3 is 0 Å². The second-order valence-electron chi connectivity index (χ2n) is 4.55. The lowest BCUT2D eigenvalue weighted by Gasteiger charge is -2.15. The summed E-state index contributed by atoms with van der Waals surface area (Å²) in [6.07, 6.45) is 3.79. The third kappa shape index (κ3) is 3.11. The molecule has 0 fully saturated rings. The number of primary amides is 1. The van der Waals surface area contributed by atoms with Crippen molar-refractivity contribution in [3.63, 3.8) is 0 Å². The van der Waals surface area contributed by atoms with E-state index in [1.807, 2.05) is 30.9 Å². The van der Waals surface area contributed by atoms with Crippen LogP contribution in [0.5, 0.6) is 0 Å². The number of aromatic nitrogens is 2. The van der Waals surface area contributed by atoms with Crippen LogP contribution in [0.3, 0.4) is 0 Å². The molecule has 1 amide bonds. The molecule has 2 rings (SSSR count). The Morgan fingerprint density at radius 1 is 1.55 bits per heavy atom. The molecule has 1 aromatic heterocycles. The number of carbonyl (C=O) groups excluding carboxylic acids is 1. The van der Waals surface area contributed by atoms with Crippen molar-refractivity contribution in [3.8, 4) is 0 Å². The summed E-state index contributed by atoms with van der Waals surface area (Å²) in [5.74, 6) is -0.476. The number of halogens is 1. The molecule has 1 aromatic carbocycles. The largest absolute Gasteiger partial charge is 0.377 e. The number of nitrogens with zero attached hydrogens (tertiary/aromatic N) is 2. The number of amides is 1. The standard InChI is InChI=1S/C14H17ClN4O/c1-3-19-8-11(7-17-19)9(2)18-13-6-10(14(16)20)4-5-12(13)15/h4-9,18H,3H2,1-2H3,(H2,16,20). The lowest BCUT2D eigenvalue weighted by Crippen LogP contribution is -2.12. The first-order chi connectivity index (χ1) is 9.51. The third-order valence-electron chi connectivity index (χ3n) is 3.10. The van der Waals surface area contributed by atoms with Crippen LogP contribution in [0.2, 0.25) is 5.02 Å². The molecule has 0 aliphatic carbocycles. The first-order valence-corrected chi connectivity index (χ1v) is 6.77. The van der Waals surface area contributed by atoms with Crippen molar-refractivity contribution in [2.45, 2.75) is 26.4 Å². The highest BCUT2D eigenvalue weighted by Gasteiger charge is 2.11. The summed E-state index contributed by atoms with van der Waals surface area (Å²) in [6.45, 7) is 4.86. The number of benzene rings is 1. The Morgan fingerprint density at radius 3 is 2.90 bits per heavy atom. The van der Waals surface area contributed by atoms with E-state index in [0.717, 1.165) is 12.1 Å². The number of anilines is 1. The maximum atomic E-state index is 11.2. The molecule has 0 saturated carbocycles. The predicted octanol–water partition coefficient (Wildman–Crippen LogP) is 2.83. The van der Waals surface area contributed by atoms with Gasteiger partial charge < -0.3 is 11.1 Å². The monoisotopic (exact) mass is 292 g/mol. The Labute approximate surface area is 122 Å². The third-order valence-corrected chi connectivity index (χ3v) is 3.43. The average molecular weight is 293 g/mol. The summed E-state index contributed by atoms with van der Waals surface area (Å²) in [5, 5.41) is 8.05. The van der Waals surface area contributed by atoms with Crippen molar-refractivity contribution >= 4 is 23.2 Å². The van der Waals surface area contributed by atoms with Gasteiger partial charge in [-0.25, -0.2) is 0 Å². The number of hydrogen-bond donors (Lipinski definition) is 2. The number of nitrogens with two attached hydrogens (primary N) is 1. The van der Waals surface area contributed by atoms with Gasteiger partial charge in [-0.2, -0.15) is 5.10 Å². The molecule has 3 N–H and O–H groups in total. The molecule has 0 bridgehead atoms. The number of rotatable bonds is 5. The van der Waals surface area contributed by atoms with Gasteiger partial charge in [0.25, 0.3) is 0 Å². The summed E-state index contributed by atoms with van der Waals surface area (Å²) in [4.78, 5) is 11.2. The fourth-order valence-electron chi connectivity index (χ4n) is 1.88. The van der Waals surface area contributed by atoms with Gasteiger partial charge in [-0.1, -0.05) is 11.6 Å². The van der Waals surface area contributed by atoms with E-state index < -0.39 is 5.91 Å². The zero-order valence-electron chi connectivity index (χ0n) is 11.4. The molecule has 20 heavy (non-hydrogen) atoms. The summed E-state index contributed by atoms with van der Waals surface area (Å²) in [6, 6.07) is 4.95. The minimum atomic E-state index is -0.476. The van der Waals surface area contributed by atoms with E-state index in [9.17, 15) is 4.79 Å². The first-order valence-electron chi connectivity index (χ1n) is 6.39. The Balaban J connectivity index is 2.20. The number of hydrogen-bond acceptors (Lipinski definition) is 3. The van der Waals surface area contributed by atoms with E-state index in [2.05, 4.69) is 10.4 Å². The maximum absolute atomic E-state index is 11.2. The second kappa shape index (κ2) is 5.96. The Kier molecular flexibility index (Phi) is 4.29. The minimum absolute atomic E-state index is 0.0240. The van der Waals surface area contributed by atoms with Crippen LogP contribution < -0.4 is 11.1 Å². The van der Waals surface area contributed by atoms with Crippen LogP contribution in [0.4, 0.5) is 5.69 Å². The fourth-order valence-corrected chi connectivity index (χ4v) is 2.05. The molecule has 5 nitrogen and oxygen atoms in total. The maximum Gasteiger partial charge on any atom is 0.248 e. The SMILES string of the molecule is CCn1cc(C(C)Nc2cc(C(N)=O)ccc2Cl)cn1. The topological polar surface area (TPSA) is 72.9 Å². The minimum Gasteiger partial charge on any atom is -0.377 e. The molecular formula is C14H17ClN4O. The molecule has 0 radical (unpaired) electrons. The van der Waals surface area contributed by atoms with Gasteiger partial charge in [-0.3, -0.25) is 9.48 Å². The normalized spacial score (nSPS) is 12.2. The van der Waals surface area contributed by atoms with Gasteiger partial charge in [0, 0.05) is 23.9 Å². The van der Waals surface area contributed by atoms with Crippen LogP contribution >= 0.6 is 11.6 Å². The summed E-state index contributed by atoms with van der Waals surface area (Å²) >= 11 is 6.13. The van der Waals surface area contributed by atoms with Crippen LogP contribution in [-0.4, -0.2) is 15.7 Å². The molecule has 106 valence electrons. The van der Waals surface area contributed by atoms with Crippen molar-refractivity contribution in [1.82, 2.24) is 9.78 Å². The van der Waals surface area contributed by atoms with Gasteiger partial charge in [0.2, 0.25) is 5.91 Å². The van der Waals surface area contributed by atoms with Crippen LogP contribution in [0, 0.1) is 0 Å². The van der Waals surface area contributed by atoms with Crippen molar-refractivity contribution < 1.29 is 4.79 Å². The quantitative estimate of drug-likeness (QED) is 0.890. The average Bonchev–Trinajstić information content (AvgIpc) is 2.89. The van der Waals surface area contributed by atoms with Crippen LogP contribution in [-0.2, 0) is 6.54 Å². The molecule has 0 aliphatic heterocycles. The van der Waals surface area contributed by atoms with E-state index in [0.29, 0.717) is 16.3 Å². The molecule has 1 atom stereocenters. The zero-order chi connectivity index (χ0) is 14.7. The zero-order valence-corrected chi connectivity index (χ0v) is 12.2. The van der Waals surface area contributed by atoms with E-state index in [4.69, 9.17) is 17.3 Å². The molecule has 6 heteroatoms. The summed E-state index contributed by atoms with van der Waals surface area (Å²) < 4.78 is 1.86. The van der Waals surface area contributed by atoms with Crippen molar-refractivity contribution in [3.05, 3.63) is 46.7 Å². The Bertz CT molecular complexity index is 623. The highest BCUT2D eigenvalue weighted by molar-refractivity contribution is 6.33. The number of nitrogens with one attached hydrogen (secondary N) is 1. The molecule has 1 unspecified atom stereocenters. The fraction of sp³-hybridized carbons (Fsp3) is 0.286. The van der Waals surface area contributed by atoms with Crippen LogP contribution in [0.15, 0.2) is 30.6 Å². The van der Waals surface area contributed by atoms with E-state index in [-0.39, 0.29) is 6.04 Å². The van der Waals surface area contributed by atoms with E-state index in [1.54, 1.807) is 18.2 Å². The number of aryl methyl sites for hydroxylation is 1. The molecular weight excluding hydrogens is 276 g/mol. The van der Waals surface area contributed by atoms with Crippen LogP contribution in [0.1, 0.15) is 35.8 Å². The van der Waals surface area contributed by atoms with Gasteiger partial charge in [-0.15, -0.1) is 0 Å². The highest BCUT2D eigenvalue weighted by atomic mass is 35.5. The summed E-state index contributed by atoms with van der Waals surface area (Å²) in [5.41, 5.74) is 7.43. The molecule has 2 aromatic rings. The molecule has 0 aliphatic rings. The lowest BCUT2D eigenvalue weighted by molar-refractivity contribution is 0.100. The smallest absolute Gasteiger partial charge is 0.248 e.